The van der Waals surface area contributed by atoms with Crippen LogP contribution in [0.1, 0.15) is 61.9 Å². The number of carbonyl (C=O) groups is 2. The van der Waals surface area contributed by atoms with Crippen molar-refractivity contribution in [3.05, 3.63) is 136 Å². The third kappa shape index (κ3) is 10.3. The van der Waals surface area contributed by atoms with E-state index in [1.807, 2.05) is 36.4 Å². The monoisotopic (exact) mass is 736 g/mol. The van der Waals surface area contributed by atoms with Crippen molar-refractivity contribution in [1.82, 2.24) is 10.2 Å². The minimum Gasteiger partial charge on any atom is -0.861 e. The van der Waals surface area contributed by atoms with E-state index in [1.165, 1.54) is 0 Å². The molecule has 1 N–H and O–H groups in total. The topological polar surface area (TPSA) is 129 Å². The molecule has 0 bridgehead atoms. The van der Waals surface area contributed by atoms with Crippen LogP contribution in [-0.4, -0.2) is 52.8 Å². The number of hydrogen-bond acceptors (Lipinski definition) is 8. The molecule has 3 atom stereocenters. The Morgan fingerprint density at radius 2 is 1.54 bits per heavy atom. The molecule has 50 heavy (non-hydrogen) atoms. The van der Waals surface area contributed by atoms with Gasteiger partial charge in [0.15, 0.2) is 0 Å². The first-order valence-electron chi connectivity index (χ1n) is 16.2. The fourth-order valence-electron chi connectivity index (χ4n) is 5.82. The zero-order valence-corrected chi connectivity index (χ0v) is 29.8. The van der Waals surface area contributed by atoms with E-state index in [2.05, 4.69) is 15.2 Å². The van der Waals surface area contributed by atoms with Gasteiger partial charge in [0.1, 0.15) is 11.6 Å². The number of likely N-dealkylation sites (tertiary alicyclic amines) is 1. The number of benzene rings is 4. The SMILES string of the molecule is CC(C)(C)OC(=O)N[C@H](c1ccc(Cl)cc1)[C@H](N=C(c1ccccc1)c1ccccc1N=C([O-])[C@@H]1CCCN1Cc1ccccc1)C(=O)[O-].[Ni+2]. The Bertz CT molecular complexity index is 1800. The molecule has 0 radical (unpaired) electrons. The van der Waals surface area contributed by atoms with Crippen LogP contribution in [0.4, 0.5) is 10.5 Å². The van der Waals surface area contributed by atoms with Gasteiger partial charge in [-0.1, -0.05) is 103 Å². The van der Waals surface area contributed by atoms with Crippen LogP contribution in [0.15, 0.2) is 119 Å². The molecule has 1 amide bonds. The van der Waals surface area contributed by atoms with Crippen molar-refractivity contribution in [2.75, 3.05) is 6.54 Å². The first kappa shape index (κ1) is 38.3. The van der Waals surface area contributed by atoms with E-state index in [0.717, 1.165) is 18.5 Å². The van der Waals surface area contributed by atoms with Gasteiger partial charge in [-0.05, 0) is 75.4 Å². The predicted molar refractivity (Wildman–Crippen MR) is 188 cm³/mol. The number of amides is 1. The summed E-state index contributed by atoms with van der Waals surface area (Å²) in [4.78, 5) is 37.5. The molecule has 4 aromatic carbocycles. The van der Waals surface area contributed by atoms with E-state index < -0.39 is 35.8 Å². The molecule has 1 heterocycles. The number of nitrogens with zero attached hydrogens (tertiary/aromatic N) is 3. The van der Waals surface area contributed by atoms with Crippen LogP contribution in [0.5, 0.6) is 0 Å². The van der Waals surface area contributed by atoms with Crippen LogP contribution in [0, 0.1) is 0 Å². The number of alkyl carbamates (subject to hydrolysis) is 1. The molecule has 262 valence electrons. The second kappa shape index (κ2) is 17.4. The zero-order chi connectivity index (χ0) is 35.0. The minimum atomic E-state index is -1.62. The Balaban J connectivity index is 0.00000562. The number of nitrogens with one attached hydrogen (secondary N) is 1. The van der Waals surface area contributed by atoms with Gasteiger partial charge in [0.2, 0.25) is 0 Å². The second-order valence-electron chi connectivity index (χ2n) is 12.9. The summed E-state index contributed by atoms with van der Waals surface area (Å²) >= 11 is 6.14. The molecule has 1 saturated heterocycles. The van der Waals surface area contributed by atoms with Crippen molar-refractivity contribution in [3.8, 4) is 0 Å². The van der Waals surface area contributed by atoms with Crippen LogP contribution in [0.25, 0.3) is 0 Å². The Labute approximate surface area is 308 Å². The van der Waals surface area contributed by atoms with Gasteiger partial charge in [0, 0.05) is 28.7 Å². The molecule has 0 unspecified atom stereocenters. The number of para-hydroxylation sites is 1. The van der Waals surface area contributed by atoms with Gasteiger partial charge in [0.05, 0.1) is 23.4 Å². The van der Waals surface area contributed by atoms with Crippen molar-refractivity contribution >= 4 is 41.0 Å². The third-order valence-electron chi connectivity index (χ3n) is 8.04. The Morgan fingerprint density at radius 1 is 0.920 bits per heavy atom. The zero-order valence-electron chi connectivity index (χ0n) is 28.0. The van der Waals surface area contributed by atoms with Crippen LogP contribution in [0.2, 0.25) is 5.02 Å². The van der Waals surface area contributed by atoms with E-state index in [4.69, 9.17) is 21.3 Å². The molecule has 11 heteroatoms. The average molecular weight is 738 g/mol. The number of hydrogen-bond donors (Lipinski definition) is 1. The maximum Gasteiger partial charge on any atom is 2.00 e. The number of rotatable bonds is 11. The number of carbonyl (C=O) groups excluding carboxylic acids is 2. The molecule has 1 aliphatic heterocycles. The summed E-state index contributed by atoms with van der Waals surface area (Å²) in [5.41, 5.74) is 2.35. The van der Waals surface area contributed by atoms with Gasteiger partial charge in [-0.2, -0.15) is 0 Å². The fourth-order valence-corrected chi connectivity index (χ4v) is 5.95. The van der Waals surface area contributed by atoms with Crippen molar-refractivity contribution < 1.29 is 41.0 Å². The molecule has 5 rings (SSSR count). The Kier molecular flexibility index (Phi) is 13.4. The third-order valence-corrected chi connectivity index (χ3v) is 8.29. The number of ether oxygens (including phenoxy) is 1. The Hall–Kier alpha value is -4.50. The van der Waals surface area contributed by atoms with E-state index >= 15 is 0 Å². The van der Waals surface area contributed by atoms with Gasteiger partial charge in [-0.15, -0.1) is 0 Å². The summed E-state index contributed by atoms with van der Waals surface area (Å²) in [6.07, 6.45) is 0.733. The number of aliphatic carboxylic acids is 1. The van der Waals surface area contributed by atoms with Crippen molar-refractivity contribution in [2.45, 2.75) is 63.9 Å². The first-order chi connectivity index (χ1) is 23.5. The molecule has 4 aromatic rings. The maximum atomic E-state index is 13.8. The molecule has 0 aliphatic carbocycles. The standard InChI is InChI=1S/C39H41ClN4O5.Ni/c1-39(2,3)49-38(48)43-34(28-20-22-29(40)23-21-28)35(37(46)47)42-33(27-15-8-5-9-16-27)30-17-10-11-18-31(30)41-36(45)32-19-12-24-44(32)25-26-13-6-4-7-14-26;/h4-11,13-18,20-23,32,34-35H,12,19,24-25H2,1-3H3,(H,41,45)(H,43,48)(H,46,47);/q;+2/p-2/t32-,34+,35-;/m0./s1. The molecule has 1 aliphatic rings. The molecular weight excluding hydrogens is 699 g/mol. The smallest absolute Gasteiger partial charge is 0.861 e. The van der Waals surface area contributed by atoms with E-state index in [-0.39, 0.29) is 28.1 Å². The Morgan fingerprint density at radius 3 is 2.18 bits per heavy atom. The summed E-state index contributed by atoms with van der Waals surface area (Å²) in [7, 11) is 0. The van der Waals surface area contributed by atoms with Crippen molar-refractivity contribution in [3.63, 3.8) is 0 Å². The van der Waals surface area contributed by atoms with Gasteiger partial charge >= 0.3 is 22.6 Å². The molecular formula is C39H39ClN4NiO5. The van der Waals surface area contributed by atoms with E-state index in [9.17, 15) is 19.8 Å². The minimum absolute atomic E-state index is 0. The van der Waals surface area contributed by atoms with Crippen molar-refractivity contribution in [1.29, 1.82) is 0 Å². The maximum absolute atomic E-state index is 13.8. The van der Waals surface area contributed by atoms with Gasteiger partial charge in [-0.3, -0.25) is 14.9 Å². The van der Waals surface area contributed by atoms with Gasteiger partial charge < -0.3 is 25.1 Å². The number of carboxylic acids is 1. The van der Waals surface area contributed by atoms with Crippen LogP contribution >= 0.6 is 11.6 Å². The molecule has 1 fully saturated rings. The fraction of sp³-hybridized carbons (Fsp3) is 0.282. The van der Waals surface area contributed by atoms with Gasteiger partial charge in [0.25, 0.3) is 0 Å². The summed E-state index contributed by atoms with van der Waals surface area (Å²) in [5, 5.41) is 29.9. The molecule has 0 saturated carbocycles. The summed E-state index contributed by atoms with van der Waals surface area (Å²) in [6, 6.07) is 29.2. The number of halogens is 1. The van der Waals surface area contributed by atoms with E-state index in [0.29, 0.717) is 40.4 Å². The van der Waals surface area contributed by atoms with Gasteiger partial charge in [-0.25, -0.2) is 4.79 Å². The predicted octanol–water partition coefficient (Wildman–Crippen LogP) is 5.61. The first-order valence-corrected chi connectivity index (χ1v) is 16.6. The number of carboxylic acid groups (broad SMARTS) is 1. The number of aliphatic imine (C=N–C) groups is 2. The summed E-state index contributed by atoms with van der Waals surface area (Å²) in [5.74, 6) is -1.81. The molecule has 9 nitrogen and oxygen atoms in total. The quantitative estimate of drug-likeness (QED) is 0.121. The van der Waals surface area contributed by atoms with Crippen LogP contribution < -0.4 is 15.5 Å². The molecule has 0 aromatic heterocycles. The average Bonchev–Trinajstić information content (AvgIpc) is 3.53. The van der Waals surface area contributed by atoms with E-state index in [1.54, 1.807) is 93.6 Å². The van der Waals surface area contributed by atoms with Crippen LogP contribution in [-0.2, 0) is 32.6 Å². The normalized spacial score (nSPS) is 16.6. The second-order valence-corrected chi connectivity index (χ2v) is 13.3. The summed E-state index contributed by atoms with van der Waals surface area (Å²) < 4.78 is 5.48. The molecule has 0 spiro atoms. The summed E-state index contributed by atoms with van der Waals surface area (Å²) in [6.45, 7) is 6.54. The van der Waals surface area contributed by atoms with Crippen LogP contribution in [0.3, 0.4) is 0 Å². The largest absolute Gasteiger partial charge is 2.00 e. The van der Waals surface area contributed by atoms with Crippen molar-refractivity contribution in [2.24, 2.45) is 9.98 Å².